The summed E-state index contributed by atoms with van der Waals surface area (Å²) in [5.41, 5.74) is 3.72. The van der Waals surface area contributed by atoms with Gasteiger partial charge in [0, 0.05) is 21.8 Å². The lowest BCUT2D eigenvalue weighted by Crippen LogP contribution is -2.29. The number of hydrogen-bond acceptors (Lipinski definition) is 4. The molecule has 0 radical (unpaired) electrons. The minimum absolute atomic E-state index is 0.136. The molecule has 0 fully saturated rings. The van der Waals surface area contributed by atoms with E-state index in [1.54, 1.807) is 24.3 Å². The monoisotopic (exact) mass is 538 g/mol. The van der Waals surface area contributed by atoms with Gasteiger partial charge < -0.3 is 10.1 Å². The van der Waals surface area contributed by atoms with Crippen molar-refractivity contribution in [3.05, 3.63) is 94.5 Å². The fourth-order valence-electron chi connectivity index (χ4n) is 4.86. The minimum atomic E-state index is -3.71. The van der Waals surface area contributed by atoms with E-state index in [2.05, 4.69) is 50.3 Å². The third-order valence-corrected chi connectivity index (χ3v) is 8.20. The first-order valence-electron chi connectivity index (χ1n) is 11.4. The average Bonchev–Trinajstić information content (AvgIpc) is 3.28. The Morgan fingerprint density at radius 3 is 2.59 bits per heavy atom. The molecule has 34 heavy (non-hydrogen) atoms. The average molecular weight is 539 g/mol. The highest BCUT2D eigenvalue weighted by atomic mass is 79.9. The zero-order valence-electron chi connectivity index (χ0n) is 19.0. The second-order valence-corrected chi connectivity index (χ2v) is 11.7. The number of sulfonamides is 1. The van der Waals surface area contributed by atoms with Crippen molar-refractivity contribution in [3.8, 4) is 5.75 Å². The molecular weight excluding hydrogens is 512 g/mol. The number of hydrogen-bond donors (Lipinski definition) is 2. The van der Waals surface area contributed by atoms with E-state index in [4.69, 9.17) is 4.74 Å². The van der Waals surface area contributed by atoms with Crippen LogP contribution in [0.4, 0.5) is 11.4 Å². The van der Waals surface area contributed by atoms with E-state index in [0.717, 1.165) is 27.9 Å². The highest BCUT2D eigenvalue weighted by molar-refractivity contribution is 9.10. The van der Waals surface area contributed by atoms with Crippen LogP contribution in [0.5, 0.6) is 5.75 Å². The number of halogens is 1. The van der Waals surface area contributed by atoms with Gasteiger partial charge in [-0.25, -0.2) is 8.42 Å². The Kier molecular flexibility index (Phi) is 6.16. The summed E-state index contributed by atoms with van der Waals surface area (Å²) >= 11 is 3.39. The maximum atomic E-state index is 13.1. The summed E-state index contributed by atoms with van der Waals surface area (Å²) in [6, 6.07) is 20.9. The second kappa shape index (κ2) is 9.12. The molecule has 0 amide bonds. The first-order valence-corrected chi connectivity index (χ1v) is 13.7. The van der Waals surface area contributed by atoms with Crippen molar-refractivity contribution in [2.75, 3.05) is 10.0 Å². The predicted molar refractivity (Wildman–Crippen MR) is 140 cm³/mol. The molecule has 3 aromatic carbocycles. The first kappa shape index (κ1) is 23.0. The topological polar surface area (TPSA) is 67.4 Å². The highest BCUT2D eigenvalue weighted by Gasteiger charge is 2.38. The van der Waals surface area contributed by atoms with Crippen LogP contribution >= 0.6 is 15.9 Å². The Labute approximate surface area is 209 Å². The standard InChI is InChI=1S/C27H27BrN2O3S/c1-17(2)33-21-11-9-18(10-12-21)27-24-8-4-7-23(24)25-16-22(13-14-26(25)29-27)34(31,32)30-20-6-3-5-19(28)15-20/h3-7,9-17,23-24,27,29-30H,8H2,1-2H3/t23-,24+,27+/m0/s1. The molecule has 0 bridgehead atoms. The summed E-state index contributed by atoms with van der Waals surface area (Å²) in [4.78, 5) is 0.265. The Bertz CT molecular complexity index is 1340. The summed E-state index contributed by atoms with van der Waals surface area (Å²) in [5.74, 6) is 1.35. The normalized spacial score (nSPS) is 21.0. The SMILES string of the molecule is CC(C)Oc1ccc([C@H]2Nc3ccc(S(=O)(=O)Nc4cccc(Br)c4)cc3[C@H]3C=CC[C@H]32)cc1. The van der Waals surface area contributed by atoms with Crippen LogP contribution in [-0.2, 0) is 10.0 Å². The summed E-state index contributed by atoms with van der Waals surface area (Å²) in [5, 5.41) is 3.68. The van der Waals surface area contributed by atoms with E-state index >= 15 is 0 Å². The highest BCUT2D eigenvalue weighted by Crippen LogP contribution is 2.50. The van der Waals surface area contributed by atoms with Crippen LogP contribution in [0.1, 0.15) is 43.4 Å². The molecular formula is C27H27BrN2O3S. The van der Waals surface area contributed by atoms with Gasteiger partial charge in [-0.2, -0.15) is 0 Å². The van der Waals surface area contributed by atoms with Gasteiger partial charge in [0.1, 0.15) is 5.75 Å². The molecule has 0 saturated heterocycles. The Balaban J connectivity index is 1.43. The number of rotatable bonds is 6. The zero-order valence-corrected chi connectivity index (χ0v) is 21.4. The van der Waals surface area contributed by atoms with Crippen LogP contribution in [0.3, 0.4) is 0 Å². The van der Waals surface area contributed by atoms with Crippen LogP contribution in [0.25, 0.3) is 0 Å². The zero-order chi connectivity index (χ0) is 23.9. The van der Waals surface area contributed by atoms with Gasteiger partial charge in [0.25, 0.3) is 10.0 Å². The number of benzene rings is 3. The summed E-state index contributed by atoms with van der Waals surface area (Å²) < 4.78 is 35.5. The molecule has 0 saturated carbocycles. The third kappa shape index (κ3) is 4.59. The molecule has 2 aliphatic rings. The van der Waals surface area contributed by atoms with E-state index in [1.165, 1.54) is 5.56 Å². The van der Waals surface area contributed by atoms with Crippen LogP contribution in [-0.4, -0.2) is 14.5 Å². The van der Waals surface area contributed by atoms with Crippen molar-refractivity contribution < 1.29 is 13.2 Å². The van der Waals surface area contributed by atoms with Crippen LogP contribution in [0.2, 0.25) is 0 Å². The van der Waals surface area contributed by atoms with E-state index in [1.807, 2.05) is 44.2 Å². The maximum Gasteiger partial charge on any atom is 0.261 e. The molecule has 5 rings (SSSR count). The Morgan fingerprint density at radius 1 is 1.06 bits per heavy atom. The van der Waals surface area contributed by atoms with Crippen molar-refractivity contribution in [1.82, 2.24) is 0 Å². The lowest BCUT2D eigenvalue weighted by atomic mass is 9.77. The molecule has 1 aliphatic heterocycles. The van der Waals surface area contributed by atoms with Gasteiger partial charge >= 0.3 is 0 Å². The van der Waals surface area contributed by atoms with Gasteiger partial charge in [0.15, 0.2) is 0 Å². The molecule has 7 heteroatoms. The van der Waals surface area contributed by atoms with Crippen molar-refractivity contribution in [2.45, 2.75) is 43.2 Å². The Morgan fingerprint density at radius 2 is 1.85 bits per heavy atom. The first-order chi connectivity index (χ1) is 16.3. The van der Waals surface area contributed by atoms with Crippen LogP contribution < -0.4 is 14.8 Å². The van der Waals surface area contributed by atoms with Crippen molar-refractivity contribution in [1.29, 1.82) is 0 Å². The van der Waals surface area contributed by atoms with Gasteiger partial charge in [-0.05, 0) is 85.8 Å². The number of anilines is 2. The van der Waals surface area contributed by atoms with E-state index in [-0.39, 0.29) is 23.0 Å². The molecule has 3 atom stereocenters. The number of fused-ring (bicyclic) bond motifs is 3. The van der Waals surface area contributed by atoms with Gasteiger partial charge in [0.05, 0.1) is 17.0 Å². The quantitative estimate of drug-likeness (QED) is 0.336. The lowest BCUT2D eigenvalue weighted by molar-refractivity contribution is 0.242. The molecule has 1 heterocycles. The Hall–Kier alpha value is -2.77. The maximum absolute atomic E-state index is 13.1. The largest absolute Gasteiger partial charge is 0.491 e. The minimum Gasteiger partial charge on any atom is -0.491 e. The fourth-order valence-corrected chi connectivity index (χ4v) is 6.35. The van der Waals surface area contributed by atoms with E-state index < -0.39 is 10.0 Å². The molecule has 176 valence electrons. The summed E-state index contributed by atoms with van der Waals surface area (Å²) in [7, 11) is -3.71. The summed E-state index contributed by atoms with van der Waals surface area (Å²) in [6.45, 7) is 4.04. The fraction of sp³-hybridized carbons (Fsp3) is 0.259. The van der Waals surface area contributed by atoms with Crippen molar-refractivity contribution in [2.24, 2.45) is 5.92 Å². The van der Waals surface area contributed by atoms with Gasteiger partial charge in [-0.1, -0.05) is 46.3 Å². The molecule has 0 spiro atoms. The lowest BCUT2D eigenvalue weighted by Gasteiger charge is -2.37. The third-order valence-electron chi connectivity index (χ3n) is 6.33. The number of ether oxygens (including phenoxy) is 1. The molecule has 0 unspecified atom stereocenters. The molecule has 0 aromatic heterocycles. The van der Waals surface area contributed by atoms with Gasteiger partial charge in [-0.3, -0.25) is 4.72 Å². The molecule has 3 aromatic rings. The van der Waals surface area contributed by atoms with Crippen LogP contribution in [0.15, 0.2) is 88.3 Å². The van der Waals surface area contributed by atoms with Crippen molar-refractivity contribution >= 4 is 37.3 Å². The predicted octanol–water partition coefficient (Wildman–Crippen LogP) is 6.86. The van der Waals surface area contributed by atoms with E-state index in [9.17, 15) is 8.42 Å². The number of nitrogens with one attached hydrogen (secondary N) is 2. The van der Waals surface area contributed by atoms with Gasteiger partial charge in [0.2, 0.25) is 0 Å². The smallest absolute Gasteiger partial charge is 0.261 e. The van der Waals surface area contributed by atoms with E-state index in [0.29, 0.717) is 11.6 Å². The number of allylic oxidation sites excluding steroid dienone is 2. The second-order valence-electron chi connectivity index (χ2n) is 9.08. The van der Waals surface area contributed by atoms with Crippen LogP contribution in [0, 0.1) is 5.92 Å². The van der Waals surface area contributed by atoms with Crippen molar-refractivity contribution in [3.63, 3.8) is 0 Å². The summed E-state index contributed by atoms with van der Waals surface area (Å²) in [6.07, 6.45) is 5.50. The molecule has 1 aliphatic carbocycles. The van der Waals surface area contributed by atoms with Gasteiger partial charge in [-0.15, -0.1) is 0 Å². The molecule has 2 N–H and O–H groups in total. The molecule has 5 nitrogen and oxygen atoms in total.